The zero-order chi connectivity index (χ0) is 9.07. The van der Waals surface area contributed by atoms with Crippen LogP contribution in [0.3, 0.4) is 0 Å². The van der Waals surface area contributed by atoms with Gasteiger partial charge < -0.3 is 4.74 Å². The van der Waals surface area contributed by atoms with E-state index in [0.717, 1.165) is 0 Å². The summed E-state index contributed by atoms with van der Waals surface area (Å²) in [5, 5.41) is 0. The normalized spacial score (nSPS) is 15.5. The molecule has 0 saturated heterocycles. The highest BCUT2D eigenvalue weighted by atomic mass is 19.4. The maximum atomic E-state index is 12.0. The van der Waals surface area contributed by atoms with Crippen LogP contribution in [0.25, 0.3) is 0 Å². The molecule has 0 aliphatic rings. The summed E-state index contributed by atoms with van der Waals surface area (Å²) in [6, 6.07) is 0. The van der Waals surface area contributed by atoms with Crippen molar-refractivity contribution < 1.29 is 17.9 Å². The lowest BCUT2D eigenvalue weighted by atomic mass is 10.2. The van der Waals surface area contributed by atoms with E-state index in [-0.39, 0.29) is 12.5 Å². The molecule has 0 rings (SSSR count). The monoisotopic (exact) mass is 170 g/mol. The predicted molar refractivity (Wildman–Crippen MR) is 36.4 cm³/mol. The molecule has 4 heteroatoms. The Labute approximate surface area is 64.5 Å². The van der Waals surface area contributed by atoms with Crippen LogP contribution in [0.4, 0.5) is 13.2 Å². The van der Waals surface area contributed by atoms with E-state index < -0.39 is 12.3 Å². The van der Waals surface area contributed by atoms with Crippen molar-refractivity contribution in [2.45, 2.75) is 45.6 Å². The first kappa shape index (κ1) is 10.8. The molecular formula is C7H13F3O. The Hall–Kier alpha value is -0.250. The van der Waals surface area contributed by atoms with Crippen LogP contribution in [0.1, 0.15) is 27.2 Å². The fourth-order valence-electron chi connectivity index (χ4n) is 0.733. The third kappa shape index (κ3) is 4.24. The van der Waals surface area contributed by atoms with Gasteiger partial charge in [-0.05, 0) is 20.3 Å². The van der Waals surface area contributed by atoms with E-state index in [1.54, 1.807) is 13.8 Å². The summed E-state index contributed by atoms with van der Waals surface area (Å²) in [5.74, 6) is 0. The van der Waals surface area contributed by atoms with Crippen LogP contribution in [-0.2, 0) is 4.74 Å². The van der Waals surface area contributed by atoms with Crippen LogP contribution in [0.15, 0.2) is 0 Å². The molecule has 68 valence electrons. The number of alkyl halides is 3. The molecule has 0 aliphatic heterocycles. The van der Waals surface area contributed by atoms with Crippen molar-refractivity contribution in [3.05, 3.63) is 0 Å². The van der Waals surface area contributed by atoms with Crippen molar-refractivity contribution in [1.29, 1.82) is 0 Å². The highest BCUT2D eigenvalue weighted by Crippen LogP contribution is 2.25. The van der Waals surface area contributed by atoms with Gasteiger partial charge in [-0.2, -0.15) is 13.2 Å². The van der Waals surface area contributed by atoms with E-state index in [9.17, 15) is 13.2 Å². The average Bonchev–Trinajstić information content (AvgIpc) is 1.79. The second-order valence-corrected chi connectivity index (χ2v) is 2.62. The summed E-state index contributed by atoms with van der Waals surface area (Å²) in [5.41, 5.74) is 0. The molecule has 0 heterocycles. The van der Waals surface area contributed by atoms with E-state index >= 15 is 0 Å². The fourth-order valence-corrected chi connectivity index (χ4v) is 0.733. The Morgan fingerprint density at radius 1 is 1.27 bits per heavy atom. The Kier molecular flexibility index (Phi) is 3.86. The molecule has 0 bridgehead atoms. The number of ether oxygens (including phenoxy) is 1. The second-order valence-electron chi connectivity index (χ2n) is 2.62. The summed E-state index contributed by atoms with van der Waals surface area (Å²) in [6.07, 6.45) is -6.23. The molecule has 0 saturated carbocycles. The lowest BCUT2D eigenvalue weighted by Gasteiger charge is -2.21. The fraction of sp³-hybridized carbons (Fsp3) is 1.00. The maximum Gasteiger partial charge on any atom is 0.414 e. The molecule has 0 amide bonds. The van der Waals surface area contributed by atoms with Gasteiger partial charge in [0, 0.05) is 0 Å². The van der Waals surface area contributed by atoms with E-state index in [1.165, 1.54) is 6.92 Å². The summed E-state index contributed by atoms with van der Waals surface area (Å²) in [7, 11) is 0. The van der Waals surface area contributed by atoms with Crippen LogP contribution in [0.5, 0.6) is 0 Å². The Bertz CT molecular complexity index is 109. The van der Waals surface area contributed by atoms with Gasteiger partial charge in [0.05, 0.1) is 6.10 Å². The molecule has 1 atom stereocenters. The molecule has 0 fully saturated rings. The van der Waals surface area contributed by atoms with Gasteiger partial charge in [0.1, 0.15) is 0 Å². The molecule has 0 aromatic rings. The molecule has 1 nitrogen and oxygen atoms in total. The number of hydrogen-bond donors (Lipinski definition) is 0. The highest BCUT2D eigenvalue weighted by Gasteiger charge is 2.39. The molecule has 0 spiro atoms. The topological polar surface area (TPSA) is 9.23 Å². The standard InChI is InChI=1S/C7H13F3O/c1-4-6(7(8,9)10)11-5(2)3/h5-6H,4H2,1-3H3. The summed E-state index contributed by atoms with van der Waals surface area (Å²) >= 11 is 0. The van der Waals surface area contributed by atoms with Crippen LogP contribution < -0.4 is 0 Å². The molecular weight excluding hydrogens is 157 g/mol. The molecule has 11 heavy (non-hydrogen) atoms. The van der Waals surface area contributed by atoms with Crippen LogP contribution in [-0.4, -0.2) is 18.4 Å². The first-order valence-electron chi connectivity index (χ1n) is 3.60. The largest absolute Gasteiger partial charge is 0.414 e. The van der Waals surface area contributed by atoms with Gasteiger partial charge in [0.25, 0.3) is 0 Å². The van der Waals surface area contributed by atoms with E-state index in [0.29, 0.717) is 0 Å². The van der Waals surface area contributed by atoms with Gasteiger partial charge >= 0.3 is 6.18 Å². The number of rotatable bonds is 3. The second kappa shape index (κ2) is 3.95. The van der Waals surface area contributed by atoms with Gasteiger partial charge in [0.15, 0.2) is 6.10 Å². The highest BCUT2D eigenvalue weighted by molar-refractivity contribution is 4.65. The molecule has 0 aliphatic carbocycles. The number of halogens is 3. The quantitative estimate of drug-likeness (QED) is 0.632. The van der Waals surface area contributed by atoms with Crippen molar-refractivity contribution in [1.82, 2.24) is 0 Å². The van der Waals surface area contributed by atoms with Crippen LogP contribution >= 0.6 is 0 Å². The molecule has 0 radical (unpaired) electrons. The van der Waals surface area contributed by atoms with Crippen molar-refractivity contribution in [3.8, 4) is 0 Å². The Morgan fingerprint density at radius 3 is 1.82 bits per heavy atom. The van der Waals surface area contributed by atoms with Crippen molar-refractivity contribution in [3.63, 3.8) is 0 Å². The zero-order valence-electron chi connectivity index (χ0n) is 6.90. The van der Waals surface area contributed by atoms with Gasteiger partial charge in [-0.25, -0.2) is 0 Å². The van der Waals surface area contributed by atoms with Gasteiger partial charge in [-0.1, -0.05) is 6.92 Å². The minimum absolute atomic E-state index is 0.0261. The van der Waals surface area contributed by atoms with Crippen molar-refractivity contribution >= 4 is 0 Å². The lowest BCUT2D eigenvalue weighted by Crippen LogP contribution is -2.33. The third-order valence-electron chi connectivity index (χ3n) is 1.17. The van der Waals surface area contributed by atoms with Gasteiger partial charge in [-0.3, -0.25) is 0 Å². The molecule has 0 aromatic heterocycles. The summed E-state index contributed by atoms with van der Waals surface area (Å²) < 4.78 is 40.5. The predicted octanol–water partition coefficient (Wildman–Crippen LogP) is 2.75. The van der Waals surface area contributed by atoms with Gasteiger partial charge in [-0.15, -0.1) is 0 Å². The SMILES string of the molecule is CCC(OC(C)C)C(F)(F)F. The molecule has 0 N–H and O–H groups in total. The maximum absolute atomic E-state index is 12.0. The molecule has 0 aromatic carbocycles. The lowest BCUT2D eigenvalue weighted by molar-refractivity contribution is -0.230. The third-order valence-corrected chi connectivity index (χ3v) is 1.17. The average molecular weight is 170 g/mol. The summed E-state index contributed by atoms with van der Waals surface area (Å²) in [4.78, 5) is 0. The van der Waals surface area contributed by atoms with E-state index in [1.807, 2.05) is 0 Å². The van der Waals surface area contributed by atoms with E-state index in [2.05, 4.69) is 4.74 Å². The first-order valence-corrected chi connectivity index (χ1v) is 3.60. The minimum atomic E-state index is -4.22. The van der Waals surface area contributed by atoms with E-state index in [4.69, 9.17) is 0 Å². The Morgan fingerprint density at radius 2 is 1.73 bits per heavy atom. The zero-order valence-corrected chi connectivity index (χ0v) is 6.90. The summed E-state index contributed by atoms with van der Waals surface area (Å²) in [6.45, 7) is 4.64. The van der Waals surface area contributed by atoms with Crippen LogP contribution in [0, 0.1) is 0 Å². The van der Waals surface area contributed by atoms with Gasteiger partial charge in [0.2, 0.25) is 0 Å². The minimum Gasteiger partial charge on any atom is -0.366 e. The number of hydrogen-bond acceptors (Lipinski definition) is 1. The first-order chi connectivity index (χ1) is 4.88. The van der Waals surface area contributed by atoms with Crippen molar-refractivity contribution in [2.75, 3.05) is 0 Å². The molecule has 1 unspecified atom stereocenters. The van der Waals surface area contributed by atoms with Crippen LogP contribution in [0.2, 0.25) is 0 Å². The van der Waals surface area contributed by atoms with Crippen molar-refractivity contribution in [2.24, 2.45) is 0 Å². The Balaban J connectivity index is 3.96. The smallest absolute Gasteiger partial charge is 0.366 e.